The van der Waals surface area contributed by atoms with E-state index in [9.17, 15) is 4.79 Å². The van der Waals surface area contributed by atoms with Crippen LogP contribution >= 0.6 is 23.6 Å². The summed E-state index contributed by atoms with van der Waals surface area (Å²) in [7, 11) is 0. The lowest BCUT2D eigenvalue weighted by molar-refractivity contribution is -0.124. The van der Waals surface area contributed by atoms with Crippen LogP contribution in [-0.2, 0) is 11.2 Å². The van der Waals surface area contributed by atoms with Crippen LogP contribution in [0.2, 0.25) is 0 Å². The highest BCUT2D eigenvalue weighted by molar-refractivity contribution is 7.80. The molecule has 1 fully saturated rings. The van der Waals surface area contributed by atoms with Gasteiger partial charge in [0, 0.05) is 22.2 Å². The molecule has 1 atom stereocenters. The maximum Gasteiger partial charge on any atom is 0.233 e. The zero-order valence-corrected chi connectivity index (χ0v) is 12.3. The fraction of sp³-hybridized carbons (Fsp3) is 0.538. The highest BCUT2D eigenvalue weighted by atomic mass is 32.1. The third-order valence-corrected chi connectivity index (χ3v) is 4.75. The smallest absolute Gasteiger partial charge is 0.233 e. The number of nitrogens with one attached hydrogen (secondary N) is 1. The lowest BCUT2D eigenvalue weighted by Gasteiger charge is -2.18. The van der Waals surface area contributed by atoms with Crippen LogP contribution < -0.4 is 11.1 Å². The van der Waals surface area contributed by atoms with Crippen LogP contribution in [0.15, 0.2) is 12.1 Å². The highest BCUT2D eigenvalue weighted by Crippen LogP contribution is 2.46. The molecule has 0 aromatic carbocycles. The first kappa shape index (κ1) is 13.5. The molecule has 1 aliphatic rings. The molecule has 18 heavy (non-hydrogen) atoms. The lowest BCUT2D eigenvalue weighted by atomic mass is 10.1. The second-order valence-corrected chi connectivity index (χ2v) is 6.85. The standard InChI is InChI=1S/C13H18N2OS2/c1-8(7-10-4-3-9(2)18-10)15-12(16)13(5-6-13)11(14)17/h3-4,8H,5-7H2,1-2H3,(H2,14,17)(H,15,16). The molecule has 1 saturated carbocycles. The first-order chi connectivity index (χ1) is 8.44. The van der Waals surface area contributed by atoms with Crippen LogP contribution in [0.4, 0.5) is 0 Å². The minimum atomic E-state index is -0.547. The summed E-state index contributed by atoms with van der Waals surface area (Å²) in [5.74, 6) is -0.00391. The summed E-state index contributed by atoms with van der Waals surface area (Å²) in [4.78, 5) is 15.0. The third-order valence-electron chi connectivity index (χ3n) is 3.34. The number of aryl methyl sites for hydroxylation is 1. The van der Waals surface area contributed by atoms with Crippen molar-refractivity contribution < 1.29 is 4.79 Å². The minimum Gasteiger partial charge on any atom is -0.392 e. The Morgan fingerprint density at radius 2 is 2.28 bits per heavy atom. The number of thiophene rings is 1. The molecular weight excluding hydrogens is 264 g/mol. The van der Waals surface area contributed by atoms with Gasteiger partial charge in [-0.15, -0.1) is 11.3 Å². The Morgan fingerprint density at radius 1 is 1.61 bits per heavy atom. The van der Waals surface area contributed by atoms with Crippen molar-refractivity contribution in [2.24, 2.45) is 11.1 Å². The van der Waals surface area contributed by atoms with Crippen molar-refractivity contribution in [1.82, 2.24) is 5.32 Å². The number of thiocarbonyl (C=S) groups is 1. The Labute approximate surface area is 117 Å². The number of nitrogens with two attached hydrogens (primary N) is 1. The molecule has 0 aliphatic heterocycles. The number of carbonyl (C=O) groups excluding carboxylic acids is 1. The van der Waals surface area contributed by atoms with Gasteiger partial charge >= 0.3 is 0 Å². The zero-order valence-electron chi connectivity index (χ0n) is 10.7. The van der Waals surface area contributed by atoms with Crippen molar-refractivity contribution in [3.8, 4) is 0 Å². The second-order valence-electron chi connectivity index (χ2n) is 5.04. The average molecular weight is 282 g/mol. The molecule has 2 rings (SSSR count). The van der Waals surface area contributed by atoms with Gasteiger partial charge in [0.05, 0.1) is 10.4 Å². The van der Waals surface area contributed by atoms with Crippen LogP contribution in [-0.4, -0.2) is 16.9 Å². The molecule has 98 valence electrons. The van der Waals surface area contributed by atoms with E-state index in [0.29, 0.717) is 4.99 Å². The quantitative estimate of drug-likeness (QED) is 0.814. The van der Waals surface area contributed by atoms with E-state index in [0.717, 1.165) is 19.3 Å². The summed E-state index contributed by atoms with van der Waals surface area (Å²) < 4.78 is 0. The van der Waals surface area contributed by atoms with Crippen molar-refractivity contribution >= 4 is 34.5 Å². The van der Waals surface area contributed by atoms with Crippen LogP contribution in [0.1, 0.15) is 29.5 Å². The molecule has 0 spiro atoms. The summed E-state index contributed by atoms with van der Waals surface area (Å²) in [5, 5.41) is 3.02. The van der Waals surface area contributed by atoms with Crippen LogP contribution in [0.5, 0.6) is 0 Å². The molecule has 1 unspecified atom stereocenters. The molecule has 1 aromatic heterocycles. The van der Waals surface area contributed by atoms with Gasteiger partial charge in [-0.1, -0.05) is 12.2 Å². The zero-order chi connectivity index (χ0) is 13.3. The van der Waals surface area contributed by atoms with E-state index >= 15 is 0 Å². The van der Waals surface area contributed by atoms with Gasteiger partial charge in [0.15, 0.2) is 0 Å². The topological polar surface area (TPSA) is 55.1 Å². The number of amides is 1. The first-order valence-corrected chi connectivity index (χ1v) is 7.33. The van der Waals surface area contributed by atoms with E-state index in [-0.39, 0.29) is 11.9 Å². The molecule has 5 heteroatoms. The van der Waals surface area contributed by atoms with Crippen molar-refractivity contribution in [2.75, 3.05) is 0 Å². The van der Waals surface area contributed by atoms with Gasteiger partial charge in [-0.2, -0.15) is 0 Å². The van der Waals surface area contributed by atoms with E-state index in [1.165, 1.54) is 9.75 Å². The second kappa shape index (κ2) is 4.97. The van der Waals surface area contributed by atoms with E-state index in [1.54, 1.807) is 11.3 Å². The fourth-order valence-corrected chi connectivity index (χ4v) is 3.34. The molecule has 0 saturated heterocycles. The number of hydrogen-bond donors (Lipinski definition) is 2. The van der Waals surface area contributed by atoms with Gasteiger partial charge in [0.2, 0.25) is 5.91 Å². The van der Waals surface area contributed by atoms with Crippen LogP contribution in [0, 0.1) is 12.3 Å². The van der Waals surface area contributed by atoms with E-state index in [1.807, 2.05) is 6.92 Å². The molecule has 0 radical (unpaired) electrons. The number of rotatable bonds is 5. The SMILES string of the molecule is Cc1ccc(CC(C)NC(=O)C2(C(N)=S)CC2)s1. The maximum atomic E-state index is 12.1. The Bertz CT molecular complexity index is 477. The molecule has 3 nitrogen and oxygen atoms in total. The van der Waals surface area contributed by atoms with Crippen molar-refractivity contribution in [3.05, 3.63) is 21.9 Å². The Balaban J connectivity index is 1.90. The molecule has 1 amide bonds. The van der Waals surface area contributed by atoms with Gasteiger partial charge in [0.1, 0.15) is 0 Å². The van der Waals surface area contributed by atoms with Crippen molar-refractivity contribution in [3.63, 3.8) is 0 Å². The predicted molar refractivity (Wildman–Crippen MR) is 78.8 cm³/mol. The Kier molecular flexibility index (Phi) is 3.73. The monoisotopic (exact) mass is 282 g/mol. The molecule has 0 bridgehead atoms. The van der Waals surface area contributed by atoms with Gasteiger partial charge in [-0.05, 0) is 38.8 Å². The van der Waals surface area contributed by atoms with E-state index in [4.69, 9.17) is 18.0 Å². The molecule has 3 N–H and O–H groups in total. The number of hydrogen-bond acceptors (Lipinski definition) is 3. The van der Waals surface area contributed by atoms with Crippen LogP contribution in [0.25, 0.3) is 0 Å². The van der Waals surface area contributed by atoms with Crippen molar-refractivity contribution in [2.45, 2.75) is 39.2 Å². The van der Waals surface area contributed by atoms with E-state index in [2.05, 4.69) is 24.4 Å². The largest absolute Gasteiger partial charge is 0.392 e. The summed E-state index contributed by atoms with van der Waals surface area (Å²) in [5.41, 5.74) is 5.09. The average Bonchev–Trinajstić information content (AvgIpc) is 2.99. The highest BCUT2D eigenvalue weighted by Gasteiger charge is 2.52. The van der Waals surface area contributed by atoms with E-state index < -0.39 is 5.41 Å². The van der Waals surface area contributed by atoms with Gasteiger partial charge in [-0.3, -0.25) is 4.79 Å². The number of carbonyl (C=O) groups is 1. The summed E-state index contributed by atoms with van der Waals surface area (Å²) in [6.45, 7) is 4.10. The fourth-order valence-electron chi connectivity index (χ4n) is 2.02. The Hall–Kier alpha value is -0.940. The Morgan fingerprint density at radius 3 is 2.72 bits per heavy atom. The van der Waals surface area contributed by atoms with Crippen molar-refractivity contribution in [1.29, 1.82) is 0 Å². The predicted octanol–water partition coefficient (Wildman–Crippen LogP) is 2.17. The third kappa shape index (κ3) is 2.72. The summed E-state index contributed by atoms with van der Waals surface area (Å²) >= 11 is 6.75. The molecule has 1 aromatic rings. The van der Waals surface area contributed by atoms with Gasteiger partial charge in [-0.25, -0.2) is 0 Å². The summed E-state index contributed by atoms with van der Waals surface area (Å²) in [6.07, 6.45) is 2.44. The normalized spacial score (nSPS) is 18.1. The summed E-state index contributed by atoms with van der Waals surface area (Å²) in [6, 6.07) is 4.33. The molecular formula is C13H18N2OS2. The first-order valence-electron chi connectivity index (χ1n) is 6.10. The van der Waals surface area contributed by atoms with Gasteiger partial charge in [0.25, 0.3) is 0 Å². The van der Waals surface area contributed by atoms with Crippen LogP contribution in [0.3, 0.4) is 0 Å². The maximum absolute atomic E-state index is 12.1. The van der Waals surface area contributed by atoms with Gasteiger partial charge < -0.3 is 11.1 Å². The molecule has 1 aliphatic carbocycles. The minimum absolute atomic E-state index is 0.00391. The molecule has 1 heterocycles. The lowest BCUT2D eigenvalue weighted by Crippen LogP contribution is -2.44.